The summed E-state index contributed by atoms with van der Waals surface area (Å²) >= 11 is 0. The van der Waals surface area contributed by atoms with E-state index in [1.807, 2.05) is 0 Å². The Labute approximate surface area is 115 Å². The first kappa shape index (κ1) is 13.8. The molecule has 0 bridgehead atoms. The molecular weight excluding hydrogens is 266 g/mol. The standard InChI is InChI=1S/C13H23NO4S/c15-19(16)6-2-11(9-19)8-14-12-1-4-18-13(7-12)3-5-17-10-13/h11-12,14H,1-10H2. The molecular formula is C13H23NO4S. The summed E-state index contributed by atoms with van der Waals surface area (Å²) in [4.78, 5) is 0. The lowest BCUT2D eigenvalue weighted by Gasteiger charge is -2.37. The van der Waals surface area contributed by atoms with Crippen LogP contribution < -0.4 is 5.32 Å². The van der Waals surface area contributed by atoms with E-state index in [0.29, 0.717) is 30.1 Å². The van der Waals surface area contributed by atoms with Crippen LogP contribution >= 0.6 is 0 Å². The van der Waals surface area contributed by atoms with E-state index in [0.717, 1.165) is 45.4 Å². The van der Waals surface area contributed by atoms with Crippen LogP contribution in [0.2, 0.25) is 0 Å². The SMILES string of the molecule is O=S1(=O)CCC(CNC2CCOC3(CCOC3)C2)C1. The minimum Gasteiger partial charge on any atom is -0.378 e. The maximum atomic E-state index is 11.4. The number of sulfone groups is 1. The van der Waals surface area contributed by atoms with E-state index in [1.165, 1.54) is 0 Å². The molecule has 3 unspecified atom stereocenters. The first-order chi connectivity index (χ1) is 9.07. The zero-order valence-electron chi connectivity index (χ0n) is 11.3. The molecule has 0 aliphatic carbocycles. The second-order valence-corrected chi connectivity index (χ2v) is 8.43. The summed E-state index contributed by atoms with van der Waals surface area (Å²) in [5, 5.41) is 3.55. The van der Waals surface area contributed by atoms with Crippen LogP contribution in [0.5, 0.6) is 0 Å². The summed E-state index contributed by atoms with van der Waals surface area (Å²) in [6, 6.07) is 0.443. The van der Waals surface area contributed by atoms with Gasteiger partial charge in [-0.1, -0.05) is 0 Å². The van der Waals surface area contributed by atoms with Gasteiger partial charge in [0.2, 0.25) is 0 Å². The quantitative estimate of drug-likeness (QED) is 0.812. The van der Waals surface area contributed by atoms with E-state index < -0.39 is 9.84 Å². The van der Waals surface area contributed by atoms with Gasteiger partial charge in [-0.2, -0.15) is 0 Å². The number of hydrogen-bond donors (Lipinski definition) is 1. The number of nitrogens with one attached hydrogen (secondary N) is 1. The Morgan fingerprint density at radius 3 is 2.84 bits per heavy atom. The first-order valence-electron chi connectivity index (χ1n) is 7.22. The lowest BCUT2D eigenvalue weighted by atomic mass is 9.89. The molecule has 1 spiro atoms. The Balaban J connectivity index is 1.48. The molecule has 5 nitrogen and oxygen atoms in total. The van der Waals surface area contributed by atoms with Crippen molar-refractivity contribution in [3.8, 4) is 0 Å². The van der Waals surface area contributed by atoms with E-state index >= 15 is 0 Å². The maximum absolute atomic E-state index is 11.4. The van der Waals surface area contributed by atoms with Crippen LogP contribution in [0.4, 0.5) is 0 Å². The molecule has 3 saturated heterocycles. The van der Waals surface area contributed by atoms with Gasteiger partial charge in [-0.25, -0.2) is 8.42 Å². The van der Waals surface area contributed by atoms with Crippen LogP contribution in [-0.4, -0.2) is 57.9 Å². The zero-order valence-corrected chi connectivity index (χ0v) is 12.1. The molecule has 0 aromatic rings. The summed E-state index contributed by atoms with van der Waals surface area (Å²) in [5.74, 6) is 1.02. The minimum absolute atomic E-state index is 0.0718. The molecule has 0 aromatic carbocycles. The smallest absolute Gasteiger partial charge is 0.150 e. The van der Waals surface area contributed by atoms with Crippen LogP contribution in [0.3, 0.4) is 0 Å². The minimum atomic E-state index is -2.76. The fourth-order valence-electron chi connectivity index (χ4n) is 3.43. The van der Waals surface area contributed by atoms with Crippen molar-refractivity contribution in [3.05, 3.63) is 0 Å². The van der Waals surface area contributed by atoms with Gasteiger partial charge in [0.1, 0.15) is 0 Å². The molecule has 110 valence electrons. The molecule has 6 heteroatoms. The number of ether oxygens (including phenoxy) is 2. The van der Waals surface area contributed by atoms with Gasteiger partial charge in [-0.15, -0.1) is 0 Å². The van der Waals surface area contributed by atoms with Gasteiger partial charge in [0, 0.05) is 25.7 Å². The molecule has 0 amide bonds. The average Bonchev–Trinajstić information content (AvgIpc) is 2.94. The second-order valence-electron chi connectivity index (χ2n) is 6.20. The number of rotatable bonds is 3. The first-order valence-corrected chi connectivity index (χ1v) is 9.05. The second kappa shape index (κ2) is 5.31. The molecule has 0 aromatic heterocycles. The summed E-state index contributed by atoms with van der Waals surface area (Å²) in [6.07, 6.45) is 3.81. The molecule has 3 fully saturated rings. The predicted octanol–water partition coefficient (Wildman–Crippen LogP) is 0.349. The van der Waals surface area contributed by atoms with E-state index in [2.05, 4.69) is 5.32 Å². The van der Waals surface area contributed by atoms with Gasteiger partial charge in [0.15, 0.2) is 9.84 Å². The van der Waals surface area contributed by atoms with Gasteiger partial charge < -0.3 is 14.8 Å². The Morgan fingerprint density at radius 1 is 1.26 bits per heavy atom. The third kappa shape index (κ3) is 3.29. The van der Waals surface area contributed by atoms with Gasteiger partial charge >= 0.3 is 0 Å². The predicted molar refractivity (Wildman–Crippen MR) is 71.9 cm³/mol. The van der Waals surface area contributed by atoms with Crippen molar-refractivity contribution in [2.24, 2.45) is 5.92 Å². The largest absolute Gasteiger partial charge is 0.378 e. The van der Waals surface area contributed by atoms with Crippen molar-refractivity contribution in [2.75, 3.05) is 37.9 Å². The molecule has 3 heterocycles. The van der Waals surface area contributed by atoms with Crippen LogP contribution in [0.15, 0.2) is 0 Å². The highest BCUT2D eigenvalue weighted by molar-refractivity contribution is 7.91. The van der Waals surface area contributed by atoms with Crippen LogP contribution in [0.1, 0.15) is 25.7 Å². The van der Waals surface area contributed by atoms with Crippen molar-refractivity contribution < 1.29 is 17.9 Å². The maximum Gasteiger partial charge on any atom is 0.150 e. The summed E-state index contributed by atoms with van der Waals surface area (Å²) in [7, 11) is -2.76. The summed E-state index contributed by atoms with van der Waals surface area (Å²) in [6.45, 7) is 3.11. The fourth-order valence-corrected chi connectivity index (χ4v) is 5.29. The lowest BCUT2D eigenvalue weighted by molar-refractivity contribution is -0.0894. The van der Waals surface area contributed by atoms with E-state index in [1.54, 1.807) is 0 Å². The molecule has 3 rings (SSSR count). The zero-order chi connectivity index (χ0) is 13.3. The van der Waals surface area contributed by atoms with Gasteiger partial charge in [0.05, 0.1) is 23.7 Å². The third-order valence-corrected chi connectivity index (χ3v) is 6.42. The van der Waals surface area contributed by atoms with Crippen molar-refractivity contribution in [1.29, 1.82) is 0 Å². The highest BCUT2D eigenvalue weighted by Crippen LogP contribution is 2.33. The van der Waals surface area contributed by atoms with Crippen molar-refractivity contribution in [2.45, 2.75) is 37.3 Å². The van der Waals surface area contributed by atoms with Gasteiger partial charge in [-0.3, -0.25) is 0 Å². The van der Waals surface area contributed by atoms with E-state index in [4.69, 9.17) is 9.47 Å². The molecule has 3 aliphatic rings. The summed E-state index contributed by atoms with van der Waals surface area (Å²) in [5.41, 5.74) is -0.0718. The van der Waals surface area contributed by atoms with Gasteiger partial charge in [0.25, 0.3) is 0 Å². The molecule has 0 radical (unpaired) electrons. The lowest BCUT2D eigenvalue weighted by Crippen LogP contribution is -2.48. The van der Waals surface area contributed by atoms with E-state index in [9.17, 15) is 8.42 Å². The Morgan fingerprint density at radius 2 is 2.16 bits per heavy atom. The molecule has 3 aliphatic heterocycles. The summed E-state index contributed by atoms with van der Waals surface area (Å²) < 4.78 is 34.2. The molecule has 19 heavy (non-hydrogen) atoms. The van der Waals surface area contributed by atoms with Crippen molar-refractivity contribution in [3.63, 3.8) is 0 Å². The van der Waals surface area contributed by atoms with Gasteiger partial charge in [-0.05, 0) is 31.7 Å². The van der Waals surface area contributed by atoms with Crippen molar-refractivity contribution in [1.82, 2.24) is 5.32 Å². The number of hydrogen-bond acceptors (Lipinski definition) is 5. The molecule has 1 N–H and O–H groups in total. The van der Waals surface area contributed by atoms with E-state index in [-0.39, 0.29) is 5.60 Å². The average molecular weight is 289 g/mol. The normalized spacial score (nSPS) is 41.9. The Kier molecular flexibility index (Phi) is 3.86. The highest BCUT2D eigenvalue weighted by atomic mass is 32.2. The van der Waals surface area contributed by atoms with Crippen LogP contribution in [-0.2, 0) is 19.3 Å². The topological polar surface area (TPSA) is 64.6 Å². The molecule has 0 saturated carbocycles. The van der Waals surface area contributed by atoms with Crippen LogP contribution in [0.25, 0.3) is 0 Å². The van der Waals surface area contributed by atoms with Crippen molar-refractivity contribution >= 4 is 9.84 Å². The Hall–Kier alpha value is -0.170. The molecule has 3 atom stereocenters. The third-order valence-electron chi connectivity index (χ3n) is 4.58. The Bertz CT molecular complexity index is 416. The highest BCUT2D eigenvalue weighted by Gasteiger charge is 2.41. The monoisotopic (exact) mass is 289 g/mol. The van der Waals surface area contributed by atoms with Crippen LogP contribution in [0, 0.1) is 5.92 Å². The fraction of sp³-hybridized carbons (Fsp3) is 1.00.